The van der Waals surface area contributed by atoms with Crippen LogP contribution in [0.15, 0.2) is 55.0 Å². The Kier molecular flexibility index (Phi) is 3.38. The van der Waals surface area contributed by atoms with E-state index in [1.54, 1.807) is 24.5 Å². The number of aromatic nitrogens is 4. The molecule has 21 heavy (non-hydrogen) atoms. The second kappa shape index (κ2) is 5.49. The summed E-state index contributed by atoms with van der Waals surface area (Å²) in [5, 5.41) is 6.57. The van der Waals surface area contributed by atoms with E-state index in [1.165, 1.54) is 35.1 Å². The summed E-state index contributed by atoms with van der Waals surface area (Å²) in [6.07, 6.45) is 4.72. The first-order valence-electron chi connectivity index (χ1n) is 6.12. The van der Waals surface area contributed by atoms with Gasteiger partial charge in [-0.3, -0.25) is 4.79 Å². The summed E-state index contributed by atoms with van der Waals surface area (Å²) in [6.45, 7) is 0. The summed E-state index contributed by atoms with van der Waals surface area (Å²) in [4.78, 5) is 20.2. The standard InChI is InChI=1S/C14H10FN5O/c15-10-3-1-4-11(9-10)18-13(21)12-5-7-16-14(19-12)20-8-2-6-17-20/h1-9H,(H,18,21). The van der Waals surface area contributed by atoms with Gasteiger partial charge >= 0.3 is 0 Å². The van der Waals surface area contributed by atoms with Crippen LogP contribution in [0.3, 0.4) is 0 Å². The first kappa shape index (κ1) is 12.9. The zero-order valence-electron chi connectivity index (χ0n) is 10.8. The van der Waals surface area contributed by atoms with Gasteiger partial charge in [0.25, 0.3) is 11.9 Å². The molecular formula is C14H10FN5O. The molecule has 0 unspecified atom stereocenters. The lowest BCUT2D eigenvalue weighted by atomic mass is 10.3. The summed E-state index contributed by atoms with van der Waals surface area (Å²) >= 11 is 0. The molecule has 1 N–H and O–H groups in total. The Morgan fingerprint density at radius 1 is 1.19 bits per heavy atom. The molecule has 2 heterocycles. The Bertz CT molecular complexity index is 773. The molecule has 3 rings (SSSR count). The topological polar surface area (TPSA) is 72.7 Å². The van der Waals surface area contributed by atoms with Gasteiger partial charge in [-0.05, 0) is 30.3 Å². The third kappa shape index (κ3) is 2.92. The average molecular weight is 283 g/mol. The van der Waals surface area contributed by atoms with Crippen molar-refractivity contribution in [2.24, 2.45) is 0 Å². The lowest BCUT2D eigenvalue weighted by Crippen LogP contribution is -2.15. The predicted octanol–water partition coefficient (Wildman–Crippen LogP) is 2.05. The molecular weight excluding hydrogens is 273 g/mol. The highest BCUT2D eigenvalue weighted by Crippen LogP contribution is 2.10. The van der Waals surface area contributed by atoms with Gasteiger partial charge in [-0.25, -0.2) is 19.0 Å². The highest BCUT2D eigenvalue weighted by atomic mass is 19.1. The number of carbonyl (C=O) groups is 1. The maximum Gasteiger partial charge on any atom is 0.274 e. The zero-order valence-corrected chi connectivity index (χ0v) is 10.8. The highest BCUT2D eigenvalue weighted by molar-refractivity contribution is 6.02. The smallest absolute Gasteiger partial charge is 0.274 e. The van der Waals surface area contributed by atoms with Gasteiger partial charge in [0.15, 0.2) is 0 Å². The van der Waals surface area contributed by atoms with Crippen LogP contribution in [0.2, 0.25) is 0 Å². The molecule has 0 aliphatic heterocycles. The van der Waals surface area contributed by atoms with Crippen molar-refractivity contribution in [3.8, 4) is 5.95 Å². The lowest BCUT2D eigenvalue weighted by molar-refractivity contribution is 0.102. The van der Waals surface area contributed by atoms with E-state index in [0.29, 0.717) is 5.69 Å². The van der Waals surface area contributed by atoms with Crippen molar-refractivity contribution >= 4 is 11.6 Å². The molecule has 104 valence electrons. The number of carbonyl (C=O) groups excluding carboxylic acids is 1. The second-order valence-electron chi connectivity index (χ2n) is 4.16. The number of hydrogen-bond acceptors (Lipinski definition) is 4. The molecule has 2 aromatic heterocycles. The van der Waals surface area contributed by atoms with E-state index in [2.05, 4.69) is 20.4 Å². The van der Waals surface area contributed by atoms with Crippen LogP contribution in [0.4, 0.5) is 10.1 Å². The summed E-state index contributed by atoms with van der Waals surface area (Å²) in [5.41, 5.74) is 0.527. The summed E-state index contributed by atoms with van der Waals surface area (Å²) in [5.74, 6) is -0.587. The van der Waals surface area contributed by atoms with Crippen LogP contribution in [0.1, 0.15) is 10.5 Å². The number of anilines is 1. The average Bonchev–Trinajstić information content (AvgIpc) is 3.02. The maximum absolute atomic E-state index is 13.1. The van der Waals surface area contributed by atoms with Crippen molar-refractivity contribution in [2.75, 3.05) is 5.32 Å². The Hall–Kier alpha value is -3.09. The third-order valence-corrected chi connectivity index (χ3v) is 2.67. The van der Waals surface area contributed by atoms with Gasteiger partial charge < -0.3 is 5.32 Å². The minimum Gasteiger partial charge on any atom is -0.321 e. The van der Waals surface area contributed by atoms with Gasteiger partial charge in [-0.1, -0.05) is 6.07 Å². The number of nitrogens with one attached hydrogen (secondary N) is 1. The largest absolute Gasteiger partial charge is 0.321 e. The van der Waals surface area contributed by atoms with Crippen LogP contribution in [0, 0.1) is 5.82 Å². The predicted molar refractivity (Wildman–Crippen MR) is 73.5 cm³/mol. The molecule has 7 heteroatoms. The van der Waals surface area contributed by atoms with Gasteiger partial charge in [0.05, 0.1) is 0 Å². The van der Waals surface area contributed by atoms with Crippen molar-refractivity contribution in [1.82, 2.24) is 19.7 Å². The highest BCUT2D eigenvalue weighted by Gasteiger charge is 2.10. The van der Waals surface area contributed by atoms with Crippen LogP contribution in [0.25, 0.3) is 5.95 Å². The number of rotatable bonds is 3. The molecule has 0 radical (unpaired) electrons. The van der Waals surface area contributed by atoms with Crippen molar-refractivity contribution in [1.29, 1.82) is 0 Å². The summed E-state index contributed by atoms with van der Waals surface area (Å²) in [7, 11) is 0. The number of benzene rings is 1. The number of amides is 1. The van der Waals surface area contributed by atoms with E-state index < -0.39 is 11.7 Å². The fourth-order valence-corrected chi connectivity index (χ4v) is 1.73. The fourth-order valence-electron chi connectivity index (χ4n) is 1.73. The number of hydrogen-bond donors (Lipinski definition) is 1. The van der Waals surface area contributed by atoms with E-state index in [0.717, 1.165) is 0 Å². The molecule has 0 aliphatic carbocycles. The van der Waals surface area contributed by atoms with Crippen molar-refractivity contribution in [2.45, 2.75) is 0 Å². The SMILES string of the molecule is O=C(Nc1cccc(F)c1)c1ccnc(-n2cccn2)n1. The van der Waals surface area contributed by atoms with Crippen LogP contribution < -0.4 is 5.32 Å². The quantitative estimate of drug-likeness (QED) is 0.798. The van der Waals surface area contributed by atoms with Crippen LogP contribution in [0.5, 0.6) is 0 Å². The Labute approximate surface area is 119 Å². The van der Waals surface area contributed by atoms with Crippen molar-refractivity contribution in [3.63, 3.8) is 0 Å². The van der Waals surface area contributed by atoms with E-state index in [4.69, 9.17) is 0 Å². The molecule has 1 aromatic carbocycles. The molecule has 0 aliphatic rings. The Morgan fingerprint density at radius 2 is 2.10 bits per heavy atom. The number of halogens is 1. The normalized spacial score (nSPS) is 10.3. The summed E-state index contributed by atoms with van der Waals surface area (Å²) in [6, 6.07) is 8.84. The van der Waals surface area contributed by atoms with Crippen molar-refractivity contribution in [3.05, 3.63) is 66.5 Å². The van der Waals surface area contributed by atoms with Crippen molar-refractivity contribution < 1.29 is 9.18 Å². The van der Waals surface area contributed by atoms with E-state index in [1.807, 2.05) is 0 Å². The van der Waals surface area contributed by atoms with Crippen LogP contribution in [-0.2, 0) is 0 Å². The molecule has 6 nitrogen and oxygen atoms in total. The first-order chi connectivity index (χ1) is 10.2. The lowest BCUT2D eigenvalue weighted by Gasteiger charge is -2.05. The molecule has 0 spiro atoms. The second-order valence-corrected chi connectivity index (χ2v) is 4.16. The van der Waals surface area contributed by atoms with Crippen LogP contribution >= 0.6 is 0 Å². The molecule has 0 saturated heterocycles. The molecule has 0 bridgehead atoms. The van der Waals surface area contributed by atoms with Crippen LogP contribution in [-0.4, -0.2) is 25.7 Å². The molecule has 0 fully saturated rings. The van der Waals surface area contributed by atoms with Gasteiger partial charge in [0.2, 0.25) is 0 Å². The number of nitrogens with zero attached hydrogens (tertiary/aromatic N) is 4. The fraction of sp³-hybridized carbons (Fsp3) is 0. The molecule has 3 aromatic rings. The molecule has 0 saturated carbocycles. The van der Waals surface area contributed by atoms with E-state index in [-0.39, 0.29) is 11.6 Å². The maximum atomic E-state index is 13.1. The Balaban J connectivity index is 1.83. The minimum absolute atomic E-state index is 0.166. The van der Waals surface area contributed by atoms with E-state index in [9.17, 15) is 9.18 Å². The monoisotopic (exact) mass is 283 g/mol. The zero-order chi connectivity index (χ0) is 14.7. The van der Waals surface area contributed by atoms with Gasteiger partial charge in [-0.15, -0.1) is 0 Å². The van der Waals surface area contributed by atoms with E-state index >= 15 is 0 Å². The van der Waals surface area contributed by atoms with Gasteiger partial charge in [-0.2, -0.15) is 5.10 Å². The van der Waals surface area contributed by atoms with Gasteiger partial charge in [0, 0.05) is 24.3 Å². The summed E-state index contributed by atoms with van der Waals surface area (Å²) < 4.78 is 14.5. The first-order valence-corrected chi connectivity index (χ1v) is 6.12. The molecule has 1 amide bonds. The van der Waals surface area contributed by atoms with Gasteiger partial charge in [0.1, 0.15) is 11.5 Å². The Morgan fingerprint density at radius 3 is 2.86 bits per heavy atom. The third-order valence-electron chi connectivity index (χ3n) is 2.67. The minimum atomic E-state index is -0.448. The molecule has 0 atom stereocenters.